The van der Waals surface area contributed by atoms with Crippen LogP contribution in [0.25, 0.3) is 0 Å². The first-order valence-electron chi connectivity index (χ1n) is 5.42. The first kappa shape index (κ1) is 13.2. The number of hydrogen-bond donors (Lipinski definition) is 2. The molecular formula is C12H19NO2S. The number of nitrogen functional groups attached to an aromatic ring is 1. The SMILES string of the molecule is CCOc1cccc(SC(C)C(C)O)c1N. The van der Waals surface area contributed by atoms with Gasteiger partial charge in [0.25, 0.3) is 0 Å². The summed E-state index contributed by atoms with van der Waals surface area (Å²) in [4.78, 5) is 0.958. The number of benzene rings is 1. The fourth-order valence-corrected chi connectivity index (χ4v) is 2.19. The molecule has 0 heterocycles. The number of thioether (sulfide) groups is 1. The van der Waals surface area contributed by atoms with E-state index in [4.69, 9.17) is 10.5 Å². The lowest BCUT2D eigenvalue weighted by Crippen LogP contribution is -2.15. The molecule has 0 amide bonds. The quantitative estimate of drug-likeness (QED) is 0.614. The van der Waals surface area contributed by atoms with Crippen molar-refractivity contribution in [2.45, 2.75) is 37.0 Å². The van der Waals surface area contributed by atoms with Gasteiger partial charge in [0.2, 0.25) is 0 Å². The lowest BCUT2D eigenvalue weighted by atomic mass is 10.3. The highest BCUT2D eigenvalue weighted by Crippen LogP contribution is 2.35. The molecule has 90 valence electrons. The van der Waals surface area contributed by atoms with Crippen molar-refractivity contribution in [3.63, 3.8) is 0 Å². The Morgan fingerprint density at radius 2 is 2.12 bits per heavy atom. The van der Waals surface area contributed by atoms with Crippen molar-refractivity contribution in [3.05, 3.63) is 18.2 Å². The Morgan fingerprint density at radius 3 is 2.69 bits per heavy atom. The fourth-order valence-electron chi connectivity index (χ4n) is 1.21. The zero-order valence-electron chi connectivity index (χ0n) is 9.93. The highest BCUT2D eigenvalue weighted by atomic mass is 32.2. The third kappa shape index (κ3) is 3.32. The summed E-state index contributed by atoms with van der Waals surface area (Å²) in [7, 11) is 0. The average Bonchev–Trinajstić information content (AvgIpc) is 2.24. The van der Waals surface area contributed by atoms with Gasteiger partial charge in [-0.25, -0.2) is 0 Å². The summed E-state index contributed by atoms with van der Waals surface area (Å²) in [5.41, 5.74) is 6.64. The van der Waals surface area contributed by atoms with Crippen LogP contribution in [0.3, 0.4) is 0 Å². The van der Waals surface area contributed by atoms with E-state index >= 15 is 0 Å². The Labute approximate surface area is 101 Å². The smallest absolute Gasteiger partial charge is 0.143 e. The normalized spacial score (nSPS) is 14.5. The number of aliphatic hydroxyl groups is 1. The molecule has 0 saturated carbocycles. The van der Waals surface area contributed by atoms with E-state index in [1.54, 1.807) is 18.7 Å². The number of para-hydroxylation sites is 1. The molecular weight excluding hydrogens is 222 g/mol. The van der Waals surface area contributed by atoms with Crippen LogP contribution in [0.15, 0.2) is 23.1 Å². The maximum Gasteiger partial charge on any atom is 0.143 e. The summed E-state index contributed by atoms with van der Waals surface area (Å²) in [6.45, 7) is 6.28. The van der Waals surface area contributed by atoms with Gasteiger partial charge in [-0.05, 0) is 26.0 Å². The summed E-state index contributed by atoms with van der Waals surface area (Å²) in [5.74, 6) is 0.713. The standard InChI is InChI=1S/C12H19NO2S/c1-4-15-10-6-5-7-11(12(10)13)16-9(3)8(2)14/h5-9,14H,4,13H2,1-3H3. The van der Waals surface area contributed by atoms with Gasteiger partial charge in [0.05, 0.1) is 18.4 Å². The maximum atomic E-state index is 9.45. The Bertz CT molecular complexity index is 342. The molecule has 3 nitrogen and oxygen atoms in total. The van der Waals surface area contributed by atoms with E-state index in [0.717, 1.165) is 4.90 Å². The van der Waals surface area contributed by atoms with Crippen LogP contribution in [0.5, 0.6) is 5.75 Å². The molecule has 1 aromatic rings. The molecule has 2 atom stereocenters. The molecule has 0 saturated heterocycles. The van der Waals surface area contributed by atoms with E-state index in [1.165, 1.54) is 0 Å². The van der Waals surface area contributed by atoms with Gasteiger partial charge in [-0.2, -0.15) is 0 Å². The molecule has 0 spiro atoms. The highest BCUT2D eigenvalue weighted by molar-refractivity contribution is 8.00. The maximum absolute atomic E-state index is 9.45. The van der Waals surface area contributed by atoms with Crippen molar-refractivity contribution in [2.75, 3.05) is 12.3 Å². The molecule has 0 aliphatic carbocycles. The summed E-state index contributed by atoms with van der Waals surface area (Å²) in [6.07, 6.45) is -0.361. The minimum Gasteiger partial charge on any atom is -0.492 e. The summed E-state index contributed by atoms with van der Waals surface area (Å²) in [6, 6.07) is 5.72. The molecule has 2 unspecified atom stereocenters. The van der Waals surface area contributed by atoms with Crippen LogP contribution >= 0.6 is 11.8 Å². The number of aliphatic hydroxyl groups excluding tert-OH is 1. The van der Waals surface area contributed by atoms with Crippen LogP contribution in [0.4, 0.5) is 5.69 Å². The van der Waals surface area contributed by atoms with Crippen LogP contribution in [-0.2, 0) is 0 Å². The van der Waals surface area contributed by atoms with E-state index in [1.807, 2.05) is 32.0 Å². The number of ether oxygens (including phenoxy) is 1. The first-order valence-corrected chi connectivity index (χ1v) is 6.30. The third-order valence-corrected chi connectivity index (χ3v) is 3.69. The predicted molar refractivity (Wildman–Crippen MR) is 69.0 cm³/mol. The van der Waals surface area contributed by atoms with Gasteiger partial charge in [0.1, 0.15) is 5.75 Å². The Kier molecular flexibility index (Phi) is 4.96. The minimum absolute atomic E-state index is 0.110. The van der Waals surface area contributed by atoms with Crippen molar-refractivity contribution in [1.82, 2.24) is 0 Å². The van der Waals surface area contributed by atoms with Crippen molar-refractivity contribution >= 4 is 17.4 Å². The molecule has 0 radical (unpaired) electrons. The third-order valence-electron chi connectivity index (χ3n) is 2.32. The molecule has 0 aliphatic heterocycles. The zero-order valence-corrected chi connectivity index (χ0v) is 10.8. The van der Waals surface area contributed by atoms with Crippen LogP contribution in [0, 0.1) is 0 Å². The van der Waals surface area contributed by atoms with E-state index in [-0.39, 0.29) is 11.4 Å². The van der Waals surface area contributed by atoms with Gasteiger partial charge in [0, 0.05) is 10.1 Å². The van der Waals surface area contributed by atoms with Crippen LogP contribution in [0.2, 0.25) is 0 Å². The summed E-state index contributed by atoms with van der Waals surface area (Å²) < 4.78 is 5.42. The fraction of sp³-hybridized carbons (Fsp3) is 0.500. The molecule has 3 N–H and O–H groups in total. The van der Waals surface area contributed by atoms with Gasteiger partial charge in [0.15, 0.2) is 0 Å². The molecule has 4 heteroatoms. The zero-order chi connectivity index (χ0) is 12.1. The average molecular weight is 241 g/mol. The number of rotatable bonds is 5. The van der Waals surface area contributed by atoms with E-state index in [9.17, 15) is 5.11 Å². The minimum atomic E-state index is -0.361. The molecule has 0 aliphatic rings. The molecule has 1 rings (SSSR count). The largest absolute Gasteiger partial charge is 0.492 e. The topological polar surface area (TPSA) is 55.5 Å². The van der Waals surface area contributed by atoms with Gasteiger partial charge < -0.3 is 15.6 Å². The van der Waals surface area contributed by atoms with E-state index in [2.05, 4.69) is 0 Å². The summed E-state index contributed by atoms with van der Waals surface area (Å²) in [5, 5.41) is 9.56. The Hall–Kier alpha value is -0.870. The molecule has 16 heavy (non-hydrogen) atoms. The van der Waals surface area contributed by atoms with Crippen LogP contribution in [0.1, 0.15) is 20.8 Å². The second-order valence-electron chi connectivity index (χ2n) is 3.66. The first-order chi connectivity index (χ1) is 7.56. The Balaban J connectivity index is 2.84. The lowest BCUT2D eigenvalue weighted by Gasteiger charge is -2.16. The van der Waals surface area contributed by atoms with Crippen molar-refractivity contribution in [3.8, 4) is 5.75 Å². The van der Waals surface area contributed by atoms with Gasteiger partial charge >= 0.3 is 0 Å². The molecule has 1 aromatic carbocycles. The Morgan fingerprint density at radius 1 is 1.44 bits per heavy atom. The molecule has 0 bridgehead atoms. The van der Waals surface area contributed by atoms with E-state index < -0.39 is 0 Å². The number of anilines is 1. The molecule has 0 fully saturated rings. The second-order valence-corrected chi connectivity index (χ2v) is 5.08. The predicted octanol–water partition coefficient (Wildman–Crippen LogP) is 2.53. The van der Waals surface area contributed by atoms with Crippen molar-refractivity contribution in [1.29, 1.82) is 0 Å². The van der Waals surface area contributed by atoms with Crippen LogP contribution < -0.4 is 10.5 Å². The highest BCUT2D eigenvalue weighted by Gasteiger charge is 2.13. The van der Waals surface area contributed by atoms with Gasteiger partial charge in [-0.1, -0.05) is 13.0 Å². The number of nitrogens with two attached hydrogens (primary N) is 1. The van der Waals surface area contributed by atoms with Gasteiger partial charge in [-0.3, -0.25) is 0 Å². The monoisotopic (exact) mass is 241 g/mol. The molecule has 0 aromatic heterocycles. The van der Waals surface area contributed by atoms with Crippen LogP contribution in [-0.4, -0.2) is 23.1 Å². The van der Waals surface area contributed by atoms with Crippen molar-refractivity contribution < 1.29 is 9.84 Å². The number of hydrogen-bond acceptors (Lipinski definition) is 4. The lowest BCUT2D eigenvalue weighted by molar-refractivity contribution is 0.196. The van der Waals surface area contributed by atoms with Gasteiger partial charge in [-0.15, -0.1) is 11.8 Å². The van der Waals surface area contributed by atoms with Crippen molar-refractivity contribution in [2.24, 2.45) is 0 Å². The second kappa shape index (κ2) is 6.01. The summed E-state index contributed by atoms with van der Waals surface area (Å²) >= 11 is 1.56. The van der Waals surface area contributed by atoms with E-state index in [0.29, 0.717) is 18.0 Å².